The highest BCUT2D eigenvalue weighted by molar-refractivity contribution is 6.18. The topological polar surface area (TPSA) is 72.2 Å². The van der Waals surface area contributed by atoms with E-state index in [0.717, 1.165) is 38.8 Å². The summed E-state index contributed by atoms with van der Waals surface area (Å²) in [6.45, 7) is 1.97. The van der Waals surface area contributed by atoms with Crippen LogP contribution in [0.2, 0.25) is 0 Å². The van der Waals surface area contributed by atoms with Gasteiger partial charge in [0.05, 0.1) is 28.4 Å². The molecule has 130 valence electrons. The average molecular weight is 353 g/mol. The van der Waals surface area contributed by atoms with Crippen LogP contribution >= 0.6 is 0 Å². The molecule has 1 N–H and O–H groups in total. The summed E-state index contributed by atoms with van der Waals surface area (Å²) < 4.78 is 2.09. The first-order valence-corrected chi connectivity index (χ1v) is 8.60. The maximum absolute atomic E-state index is 12.8. The molecule has 6 heteroatoms. The molecular formula is C21H15N5O. The minimum absolute atomic E-state index is 0.274. The fraction of sp³-hybridized carbons (Fsp3) is 0.0476. The lowest BCUT2D eigenvalue weighted by Gasteiger charge is -2.08. The first kappa shape index (κ1) is 15.5. The molecule has 0 saturated carbocycles. The summed E-state index contributed by atoms with van der Waals surface area (Å²) in [5.74, 6) is 0.569. The largest absolute Gasteiger partial charge is 0.318 e. The Morgan fingerprint density at radius 1 is 1.00 bits per heavy atom. The predicted octanol–water partition coefficient (Wildman–Crippen LogP) is 3.99. The summed E-state index contributed by atoms with van der Waals surface area (Å²) in [4.78, 5) is 25.6. The standard InChI is InChI=1S/C21H15N5O/c1-13-24-16-8-4-2-6-14(16)20-19(15-7-3-5-9-18(15)26(13)20)25-21(27)17-12-22-10-11-23-17/h2-12H,1H3,(H,25,27). The highest BCUT2D eigenvalue weighted by Crippen LogP contribution is 2.36. The van der Waals surface area contributed by atoms with E-state index in [1.165, 1.54) is 12.4 Å². The van der Waals surface area contributed by atoms with Crippen LogP contribution in [0.25, 0.3) is 27.3 Å². The fourth-order valence-electron chi connectivity index (χ4n) is 3.55. The van der Waals surface area contributed by atoms with Crippen LogP contribution in [0.15, 0.2) is 67.1 Å². The van der Waals surface area contributed by atoms with Crippen molar-refractivity contribution in [2.45, 2.75) is 6.92 Å². The zero-order chi connectivity index (χ0) is 18.4. The van der Waals surface area contributed by atoms with Crippen LogP contribution in [0, 0.1) is 6.92 Å². The van der Waals surface area contributed by atoms with E-state index < -0.39 is 0 Å². The molecule has 5 aromatic rings. The van der Waals surface area contributed by atoms with E-state index in [-0.39, 0.29) is 11.6 Å². The molecule has 0 fully saturated rings. The van der Waals surface area contributed by atoms with E-state index in [4.69, 9.17) is 4.98 Å². The van der Waals surface area contributed by atoms with Crippen LogP contribution in [-0.2, 0) is 0 Å². The van der Waals surface area contributed by atoms with Crippen molar-refractivity contribution in [2.75, 3.05) is 5.32 Å². The number of aryl methyl sites for hydroxylation is 1. The second-order valence-corrected chi connectivity index (χ2v) is 6.30. The van der Waals surface area contributed by atoms with Gasteiger partial charge in [-0.15, -0.1) is 0 Å². The van der Waals surface area contributed by atoms with E-state index in [1.54, 1.807) is 6.20 Å². The van der Waals surface area contributed by atoms with Crippen molar-refractivity contribution in [2.24, 2.45) is 0 Å². The van der Waals surface area contributed by atoms with Gasteiger partial charge in [0.25, 0.3) is 5.91 Å². The number of benzene rings is 2. The molecule has 1 amide bonds. The molecule has 0 saturated heterocycles. The number of nitrogens with one attached hydrogen (secondary N) is 1. The van der Waals surface area contributed by atoms with Crippen LogP contribution in [0.4, 0.5) is 5.69 Å². The van der Waals surface area contributed by atoms with Gasteiger partial charge in [0, 0.05) is 23.2 Å². The molecule has 0 aliphatic rings. The Balaban J connectivity index is 1.85. The zero-order valence-electron chi connectivity index (χ0n) is 14.5. The van der Waals surface area contributed by atoms with E-state index in [0.29, 0.717) is 0 Å². The van der Waals surface area contributed by atoms with Crippen molar-refractivity contribution < 1.29 is 4.79 Å². The quantitative estimate of drug-likeness (QED) is 0.521. The van der Waals surface area contributed by atoms with Gasteiger partial charge >= 0.3 is 0 Å². The normalized spacial score (nSPS) is 11.3. The van der Waals surface area contributed by atoms with E-state index in [9.17, 15) is 4.79 Å². The van der Waals surface area contributed by atoms with Gasteiger partial charge in [-0.05, 0) is 19.1 Å². The molecule has 3 aromatic heterocycles. The molecule has 5 rings (SSSR count). The molecule has 0 unspecified atom stereocenters. The number of aromatic nitrogens is 4. The molecule has 0 aliphatic carbocycles. The lowest BCUT2D eigenvalue weighted by molar-refractivity contribution is 0.102. The van der Waals surface area contributed by atoms with Crippen molar-refractivity contribution in [3.63, 3.8) is 0 Å². The predicted molar refractivity (Wildman–Crippen MR) is 105 cm³/mol. The molecule has 0 spiro atoms. The molecule has 6 nitrogen and oxygen atoms in total. The number of anilines is 1. The molecule has 3 heterocycles. The van der Waals surface area contributed by atoms with Crippen molar-refractivity contribution >= 4 is 38.9 Å². The summed E-state index contributed by atoms with van der Waals surface area (Å²) in [6, 6.07) is 15.9. The first-order valence-electron chi connectivity index (χ1n) is 8.60. The Labute approximate surface area is 154 Å². The molecule has 2 aromatic carbocycles. The fourth-order valence-corrected chi connectivity index (χ4v) is 3.55. The van der Waals surface area contributed by atoms with Crippen LogP contribution < -0.4 is 5.32 Å². The Bertz CT molecular complexity index is 1320. The minimum Gasteiger partial charge on any atom is -0.318 e. The van der Waals surface area contributed by atoms with Gasteiger partial charge in [-0.2, -0.15) is 0 Å². The van der Waals surface area contributed by atoms with Crippen molar-refractivity contribution in [1.82, 2.24) is 19.4 Å². The molecule has 0 radical (unpaired) electrons. The van der Waals surface area contributed by atoms with E-state index in [2.05, 4.69) is 19.7 Å². The average Bonchev–Trinajstić information content (AvgIpc) is 3.04. The lowest BCUT2D eigenvalue weighted by Crippen LogP contribution is -2.14. The monoisotopic (exact) mass is 353 g/mol. The van der Waals surface area contributed by atoms with Crippen LogP contribution in [0.1, 0.15) is 16.3 Å². The van der Waals surface area contributed by atoms with Crippen LogP contribution in [0.3, 0.4) is 0 Å². The number of rotatable bonds is 2. The van der Waals surface area contributed by atoms with Gasteiger partial charge in [0.2, 0.25) is 0 Å². The number of carbonyl (C=O) groups is 1. The maximum atomic E-state index is 12.8. The van der Waals surface area contributed by atoms with Gasteiger partial charge in [0.15, 0.2) is 0 Å². The summed E-state index contributed by atoms with van der Waals surface area (Å²) in [7, 11) is 0. The number of fused-ring (bicyclic) bond motifs is 5. The van der Waals surface area contributed by atoms with E-state index >= 15 is 0 Å². The highest BCUT2D eigenvalue weighted by atomic mass is 16.1. The SMILES string of the molecule is Cc1nc2ccccc2c2c(NC(=O)c3cnccn3)c3ccccc3n12. The Morgan fingerprint density at radius 3 is 2.59 bits per heavy atom. The third-order valence-corrected chi connectivity index (χ3v) is 4.67. The molecule has 0 bridgehead atoms. The van der Waals surface area contributed by atoms with Crippen LogP contribution in [-0.4, -0.2) is 25.3 Å². The summed E-state index contributed by atoms with van der Waals surface area (Å²) in [5, 5.41) is 4.99. The lowest BCUT2D eigenvalue weighted by atomic mass is 10.1. The van der Waals surface area contributed by atoms with Gasteiger partial charge in [-0.3, -0.25) is 14.2 Å². The second-order valence-electron chi connectivity index (χ2n) is 6.30. The summed E-state index contributed by atoms with van der Waals surface area (Å²) in [6.07, 6.45) is 4.51. The number of hydrogen-bond acceptors (Lipinski definition) is 4. The van der Waals surface area contributed by atoms with Gasteiger partial charge < -0.3 is 5.32 Å². The first-order chi connectivity index (χ1) is 13.2. The van der Waals surface area contributed by atoms with Crippen molar-refractivity contribution in [3.05, 3.63) is 78.6 Å². The van der Waals surface area contributed by atoms with Crippen LogP contribution in [0.5, 0.6) is 0 Å². The molecule has 27 heavy (non-hydrogen) atoms. The third kappa shape index (κ3) is 2.34. The number of nitrogens with zero attached hydrogens (tertiary/aromatic N) is 4. The number of para-hydroxylation sites is 2. The van der Waals surface area contributed by atoms with Gasteiger partial charge in [0.1, 0.15) is 11.5 Å². The van der Waals surface area contributed by atoms with Crippen molar-refractivity contribution in [3.8, 4) is 0 Å². The number of amides is 1. The second kappa shape index (κ2) is 5.88. The summed E-state index contributed by atoms with van der Waals surface area (Å²) in [5.41, 5.74) is 3.84. The smallest absolute Gasteiger partial charge is 0.275 e. The Kier molecular flexibility index (Phi) is 3.36. The Hall–Kier alpha value is -3.80. The number of carbonyl (C=O) groups excluding carboxylic acids is 1. The zero-order valence-corrected chi connectivity index (χ0v) is 14.5. The molecular weight excluding hydrogens is 338 g/mol. The van der Waals surface area contributed by atoms with Gasteiger partial charge in [-0.25, -0.2) is 9.97 Å². The summed E-state index contributed by atoms with van der Waals surface area (Å²) >= 11 is 0. The number of hydrogen-bond donors (Lipinski definition) is 1. The Morgan fingerprint density at radius 2 is 1.78 bits per heavy atom. The third-order valence-electron chi connectivity index (χ3n) is 4.67. The molecule has 0 atom stereocenters. The van der Waals surface area contributed by atoms with E-state index in [1.807, 2.05) is 55.5 Å². The van der Waals surface area contributed by atoms with Gasteiger partial charge in [-0.1, -0.05) is 36.4 Å². The highest BCUT2D eigenvalue weighted by Gasteiger charge is 2.19. The molecule has 0 aliphatic heterocycles. The minimum atomic E-state index is -0.292. The maximum Gasteiger partial charge on any atom is 0.275 e. The van der Waals surface area contributed by atoms with Crippen molar-refractivity contribution in [1.29, 1.82) is 0 Å².